The number of benzene rings is 2. The second-order valence-corrected chi connectivity index (χ2v) is 6.76. The number of fused-ring (bicyclic) bond motifs is 2. The van der Waals surface area contributed by atoms with Gasteiger partial charge in [-0.25, -0.2) is 9.18 Å². The van der Waals surface area contributed by atoms with Crippen LogP contribution in [-0.4, -0.2) is 30.6 Å². The van der Waals surface area contributed by atoms with Crippen molar-refractivity contribution in [1.29, 1.82) is 0 Å². The third kappa shape index (κ3) is 3.74. The quantitative estimate of drug-likeness (QED) is 0.769. The summed E-state index contributed by atoms with van der Waals surface area (Å²) in [5, 5.41) is 15.8. The number of carbonyl (C=O) groups excluding carboxylic acids is 1. The van der Waals surface area contributed by atoms with E-state index in [9.17, 15) is 14.3 Å². The van der Waals surface area contributed by atoms with Gasteiger partial charge in [-0.3, -0.25) is 0 Å². The summed E-state index contributed by atoms with van der Waals surface area (Å²) in [6, 6.07) is 9.69. The highest BCUT2D eigenvalue weighted by Crippen LogP contribution is 2.31. The van der Waals surface area contributed by atoms with Crippen LogP contribution in [0.1, 0.15) is 28.3 Å². The fourth-order valence-electron chi connectivity index (χ4n) is 3.69. The highest BCUT2D eigenvalue weighted by atomic mass is 19.1. The van der Waals surface area contributed by atoms with Gasteiger partial charge >= 0.3 is 6.03 Å². The SMILES string of the molecule is O=C(NCCc1cc(F)cc2c1OCOC2)N[C@H]1c2ccccc2C[C@@H]1O. The zero-order valence-corrected chi connectivity index (χ0v) is 14.7. The number of urea groups is 1. The third-order valence-corrected chi connectivity index (χ3v) is 4.92. The molecule has 27 heavy (non-hydrogen) atoms. The molecule has 1 aliphatic heterocycles. The average Bonchev–Trinajstić information content (AvgIpc) is 2.97. The van der Waals surface area contributed by atoms with Gasteiger partial charge in [0.1, 0.15) is 11.6 Å². The van der Waals surface area contributed by atoms with E-state index in [1.165, 1.54) is 12.1 Å². The normalized spacial score (nSPS) is 20.4. The van der Waals surface area contributed by atoms with Crippen LogP contribution in [-0.2, 0) is 24.2 Å². The second kappa shape index (κ2) is 7.54. The Hall–Kier alpha value is -2.64. The number of rotatable bonds is 4. The Bertz CT molecular complexity index is 858. The summed E-state index contributed by atoms with van der Waals surface area (Å²) in [6.07, 6.45) is 0.310. The zero-order chi connectivity index (χ0) is 18.8. The Kier molecular flexibility index (Phi) is 4.96. The van der Waals surface area contributed by atoms with E-state index in [1.807, 2.05) is 24.3 Å². The molecule has 1 aliphatic carbocycles. The average molecular weight is 372 g/mol. The van der Waals surface area contributed by atoms with Crippen LogP contribution < -0.4 is 15.4 Å². The molecule has 2 aromatic carbocycles. The van der Waals surface area contributed by atoms with Crippen LogP contribution in [0.4, 0.5) is 9.18 Å². The molecule has 2 aromatic rings. The van der Waals surface area contributed by atoms with E-state index in [4.69, 9.17) is 9.47 Å². The van der Waals surface area contributed by atoms with Crippen LogP contribution in [0.25, 0.3) is 0 Å². The van der Waals surface area contributed by atoms with Crippen molar-refractivity contribution in [3.05, 3.63) is 64.5 Å². The molecule has 0 radical (unpaired) electrons. The molecule has 0 unspecified atom stereocenters. The van der Waals surface area contributed by atoms with Gasteiger partial charge in [0.05, 0.1) is 18.8 Å². The summed E-state index contributed by atoms with van der Waals surface area (Å²) in [6.45, 7) is 0.766. The summed E-state index contributed by atoms with van der Waals surface area (Å²) in [5.41, 5.74) is 3.35. The van der Waals surface area contributed by atoms with Crippen molar-refractivity contribution in [2.24, 2.45) is 0 Å². The lowest BCUT2D eigenvalue weighted by Crippen LogP contribution is -2.41. The molecule has 2 atom stereocenters. The van der Waals surface area contributed by atoms with Gasteiger partial charge in [-0.05, 0) is 35.2 Å². The minimum absolute atomic E-state index is 0.137. The molecule has 2 aliphatic rings. The monoisotopic (exact) mass is 372 g/mol. The van der Waals surface area contributed by atoms with Crippen LogP contribution >= 0.6 is 0 Å². The van der Waals surface area contributed by atoms with Crippen LogP contribution in [0.2, 0.25) is 0 Å². The maximum absolute atomic E-state index is 13.8. The minimum Gasteiger partial charge on any atom is -0.467 e. The highest BCUT2D eigenvalue weighted by molar-refractivity contribution is 5.74. The Morgan fingerprint density at radius 1 is 1.26 bits per heavy atom. The molecule has 7 heteroatoms. The number of aliphatic hydroxyl groups excluding tert-OH is 1. The lowest BCUT2D eigenvalue weighted by Gasteiger charge is -2.21. The van der Waals surface area contributed by atoms with Crippen molar-refractivity contribution in [1.82, 2.24) is 10.6 Å². The molecular formula is C20H21FN2O4. The van der Waals surface area contributed by atoms with E-state index in [-0.39, 0.29) is 18.6 Å². The van der Waals surface area contributed by atoms with Gasteiger partial charge in [-0.2, -0.15) is 0 Å². The van der Waals surface area contributed by atoms with Gasteiger partial charge in [0.2, 0.25) is 0 Å². The third-order valence-electron chi connectivity index (χ3n) is 4.92. The Balaban J connectivity index is 1.35. The Morgan fingerprint density at radius 2 is 2.11 bits per heavy atom. The Morgan fingerprint density at radius 3 is 3.00 bits per heavy atom. The number of nitrogens with one attached hydrogen (secondary N) is 2. The van der Waals surface area contributed by atoms with E-state index in [0.717, 1.165) is 11.1 Å². The first kappa shape index (κ1) is 17.8. The molecule has 0 spiro atoms. The molecule has 0 saturated heterocycles. The standard InChI is InChI=1S/C20H21FN2O4/c21-15-7-13(19-14(8-15)10-26-11-27-19)5-6-22-20(25)23-18-16-4-2-1-3-12(16)9-17(18)24/h1-4,7-8,17-18,24H,5-6,9-11H2,(H2,22,23,25)/t17-,18-/m0/s1. The van der Waals surface area contributed by atoms with E-state index < -0.39 is 12.1 Å². The van der Waals surface area contributed by atoms with Crippen LogP contribution in [0.5, 0.6) is 5.75 Å². The fraction of sp³-hybridized carbons (Fsp3) is 0.350. The van der Waals surface area contributed by atoms with E-state index >= 15 is 0 Å². The topological polar surface area (TPSA) is 79.8 Å². The molecule has 0 aromatic heterocycles. The smallest absolute Gasteiger partial charge is 0.315 e. The summed E-state index contributed by atoms with van der Waals surface area (Å²) in [4.78, 5) is 12.2. The Labute approximate surface area is 156 Å². The molecule has 3 N–H and O–H groups in total. The first-order valence-electron chi connectivity index (χ1n) is 8.94. The number of amides is 2. The number of carbonyl (C=O) groups is 1. The first-order valence-corrected chi connectivity index (χ1v) is 8.94. The van der Waals surface area contributed by atoms with Crippen LogP contribution in [0.15, 0.2) is 36.4 Å². The van der Waals surface area contributed by atoms with E-state index in [2.05, 4.69) is 10.6 Å². The largest absolute Gasteiger partial charge is 0.467 e. The van der Waals surface area contributed by atoms with Crippen molar-refractivity contribution in [2.75, 3.05) is 13.3 Å². The van der Waals surface area contributed by atoms with Gasteiger partial charge in [0, 0.05) is 18.5 Å². The summed E-state index contributed by atoms with van der Waals surface area (Å²) in [7, 11) is 0. The summed E-state index contributed by atoms with van der Waals surface area (Å²) < 4.78 is 24.4. The predicted octanol–water partition coefficient (Wildman–Crippen LogP) is 2.19. The molecule has 2 amide bonds. The fourth-order valence-corrected chi connectivity index (χ4v) is 3.69. The second-order valence-electron chi connectivity index (χ2n) is 6.76. The number of aliphatic hydroxyl groups is 1. The van der Waals surface area contributed by atoms with Crippen LogP contribution in [0, 0.1) is 5.82 Å². The lowest BCUT2D eigenvalue weighted by molar-refractivity contribution is -0.0172. The van der Waals surface area contributed by atoms with Gasteiger partial charge in [-0.1, -0.05) is 24.3 Å². The van der Waals surface area contributed by atoms with Crippen molar-refractivity contribution in [2.45, 2.75) is 31.6 Å². The molecule has 0 fully saturated rings. The van der Waals surface area contributed by atoms with Crippen molar-refractivity contribution in [3.8, 4) is 5.75 Å². The van der Waals surface area contributed by atoms with E-state index in [1.54, 1.807) is 0 Å². The minimum atomic E-state index is -0.642. The van der Waals surface area contributed by atoms with Crippen molar-refractivity contribution >= 4 is 6.03 Å². The summed E-state index contributed by atoms with van der Waals surface area (Å²) >= 11 is 0. The van der Waals surface area contributed by atoms with Crippen molar-refractivity contribution < 1.29 is 23.8 Å². The lowest BCUT2D eigenvalue weighted by atomic mass is 10.1. The molecule has 0 saturated carbocycles. The molecule has 0 bridgehead atoms. The maximum Gasteiger partial charge on any atom is 0.315 e. The van der Waals surface area contributed by atoms with Crippen LogP contribution in [0.3, 0.4) is 0 Å². The summed E-state index contributed by atoms with van der Waals surface area (Å²) in [5.74, 6) is 0.276. The molecule has 142 valence electrons. The van der Waals surface area contributed by atoms with Gasteiger partial charge < -0.3 is 25.2 Å². The molecule has 6 nitrogen and oxygen atoms in total. The number of hydrogen-bond acceptors (Lipinski definition) is 4. The van der Waals surface area contributed by atoms with Gasteiger partial charge in [0.25, 0.3) is 0 Å². The number of halogens is 1. The number of ether oxygens (including phenoxy) is 2. The predicted molar refractivity (Wildman–Crippen MR) is 95.8 cm³/mol. The molecule has 4 rings (SSSR count). The molecule has 1 heterocycles. The highest BCUT2D eigenvalue weighted by Gasteiger charge is 2.31. The van der Waals surface area contributed by atoms with Gasteiger partial charge in [0.15, 0.2) is 6.79 Å². The van der Waals surface area contributed by atoms with Crippen molar-refractivity contribution in [3.63, 3.8) is 0 Å². The van der Waals surface area contributed by atoms with Gasteiger partial charge in [-0.15, -0.1) is 0 Å². The zero-order valence-electron chi connectivity index (χ0n) is 14.7. The molecular weight excluding hydrogens is 351 g/mol. The maximum atomic E-state index is 13.8. The first-order chi connectivity index (χ1) is 13.1. The number of hydrogen-bond donors (Lipinski definition) is 3. The van der Waals surface area contributed by atoms with E-state index in [0.29, 0.717) is 42.9 Å².